The number of benzene rings is 7. The van der Waals surface area contributed by atoms with Gasteiger partial charge in [-0.1, -0.05) is 65.4 Å². The van der Waals surface area contributed by atoms with E-state index >= 15 is 0 Å². The Labute approximate surface area is 310 Å². The largest absolute Gasteiger partial charge is 0.126 e. The van der Waals surface area contributed by atoms with Crippen molar-refractivity contribution in [3.8, 4) is 0 Å². The van der Waals surface area contributed by atoms with Crippen LogP contribution in [0.1, 0.15) is 17.5 Å². The summed E-state index contributed by atoms with van der Waals surface area (Å²) in [6, 6.07) is 54.6. The van der Waals surface area contributed by atoms with Gasteiger partial charge < -0.3 is 0 Å². The number of halogens is 2. The van der Waals surface area contributed by atoms with Gasteiger partial charge in [0.15, 0.2) is 0 Å². The Morgan fingerprint density at radius 2 is 1.02 bits per heavy atom. The maximum absolute atomic E-state index is 2.99. The molecule has 234 valence electrons. The molecule has 0 atom stereocenters. The van der Waals surface area contributed by atoms with Gasteiger partial charge in [-0.25, -0.2) is 12.2 Å². The molecule has 1 aliphatic rings. The molecule has 9 rings (SSSR count). The molecule has 48 heavy (non-hydrogen) atoms. The van der Waals surface area contributed by atoms with Gasteiger partial charge in [0.1, 0.15) is 0 Å². The minimum absolute atomic E-state index is 0. The van der Waals surface area contributed by atoms with E-state index in [4.69, 9.17) is 0 Å². The van der Waals surface area contributed by atoms with E-state index in [-0.39, 0.29) is 24.8 Å². The molecule has 3 heteroatoms. The van der Waals surface area contributed by atoms with E-state index < -0.39 is 0 Å². The number of allylic oxidation sites excluding steroid dienone is 4. The molecule has 0 heterocycles. The van der Waals surface area contributed by atoms with Crippen LogP contribution in [0.4, 0.5) is 0 Å². The van der Waals surface area contributed by atoms with Gasteiger partial charge in [0, 0.05) is 0 Å². The van der Waals surface area contributed by atoms with Crippen LogP contribution in [0.15, 0.2) is 170 Å². The average Bonchev–Trinajstić information content (AvgIpc) is 3.82. The predicted octanol–water partition coefficient (Wildman–Crippen LogP) is 12.5. The predicted molar refractivity (Wildman–Crippen MR) is 211 cm³/mol. The molecule has 0 aliphatic heterocycles. The zero-order chi connectivity index (χ0) is 31.1. The molecule has 0 fully saturated rings. The Morgan fingerprint density at radius 1 is 0.521 bits per heavy atom. The molecule has 0 nitrogen and oxygen atoms in total. The summed E-state index contributed by atoms with van der Waals surface area (Å²) < 4.78 is 1.59. The van der Waals surface area contributed by atoms with Crippen LogP contribution in [-0.4, -0.2) is 3.21 Å². The van der Waals surface area contributed by atoms with Gasteiger partial charge >= 0.3 is 158 Å². The summed E-state index contributed by atoms with van der Waals surface area (Å²) in [6.07, 6.45) is 12.1. The molecule has 0 aromatic heterocycles. The first-order chi connectivity index (χ1) is 22.7. The van der Waals surface area contributed by atoms with Gasteiger partial charge in [-0.3, -0.25) is 6.08 Å². The molecular formula is C45H36Cl2Zr. The quantitative estimate of drug-likeness (QED) is 0.158. The first kappa shape index (κ1) is 35.3. The molecule has 0 amide bonds. The standard InChI is InChI=1S/C23H18.C17H11.C5H5.2ClH.Zr/c1-3-16-22-18(8-1)10-5-12-20(22)14-7-15-21-13-6-11-19-9-2-4-17-23(19)21;1-3-7-14-12(5-1)9-10-16-15-8-4-2-6-13(15)11-17(14)16;1-2-4-5-3-1;;;/h1-6,8-13,16-17H,14-15H2;1-11H;1-3H,4H2;2*1H;/q;2*-1;;;+2. The molecule has 0 N–H and O–H groups in total. The first-order valence-electron chi connectivity index (χ1n) is 15.9. The summed E-state index contributed by atoms with van der Waals surface area (Å²) in [4.78, 5) is 0. The third-order valence-electron chi connectivity index (χ3n) is 8.67. The summed E-state index contributed by atoms with van der Waals surface area (Å²) in [7, 11) is 0. The fourth-order valence-electron chi connectivity index (χ4n) is 6.47. The minimum atomic E-state index is 0. The topological polar surface area (TPSA) is 0 Å². The summed E-state index contributed by atoms with van der Waals surface area (Å²) in [5, 5.41) is 13.5. The van der Waals surface area contributed by atoms with Gasteiger partial charge in [0.2, 0.25) is 0 Å². The van der Waals surface area contributed by atoms with Crippen LogP contribution in [0.2, 0.25) is 0 Å². The van der Waals surface area contributed by atoms with Gasteiger partial charge in [-0.2, -0.15) is 6.08 Å². The molecule has 0 saturated carbocycles. The summed E-state index contributed by atoms with van der Waals surface area (Å²) in [5.74, 6) is 0. The average molecular weight is 739 g/mol. The Bertz CT molecular complexity index is 2270. The van der Waals surface area contributed by atoms with E-state index in [1.54, 1.807) is 3.21 Å². The van der Waals surface area contributed by atoms with Gasteiger partial charge in [0.05, 0.1) is 0 Å². The fraction of sp³-hybridized carbons (Fsp3) is 0.0667. The molecule has 8 aromatic carbocycles. The minimum Gasteiger partial charge on any atom is -0.126 e. The van der Waals surface area contributed by atoms with Crippen molar-refractivity contribution in [2.45, 2.75) is 19.3 Å². The molecule has 8 aromatic rings. The molecule has 0 saturated heterocycles. The third-order valence-corrected chi connectivity index (χ3v) is 9.54. The van der Waals surface area contributed by atoms with Gasteiger partial charge in [0.25, 0.3) is 0 Å². The second-order valence-electron chi connectivity index (χ2n) is 11.7. The number of hydrogen-bond acceptors (Lipinski definition) is 0. The fourth-order valence-corrected chi connectivity index (χ4v) is 7.40. The van der Waals surface area contributed by atoms with Crippen LogP contribution < -0.4 is 0 Å². The monoisotopic (exact) mass is 736 g/mol. The summed E-state index contributed by atoms with van der Waals surface area (Å²) in [5.41, 5.74) is 2.89. The van der Waals surface area contributed by atoms with E-state index in [1.807, 2.05) is 12.2 Å². The van der Waals surface area contributed by atoms with Crippen molar-refractivity contribution in [1.82, 2.24) is 0 Å². The van der Waals surface area contributed by atoms with E-state index in [2.05, 4.69) is 164 Å². The molecule has 0 unspecified atom stereocenters. The zero-order valence-electron chi connectivity index (χ0n) is 26.6. The van der Waals surface area contributed by atoms with E-state index in [9.17, 15) is 0 Å². The van der Waals surface area contributed by atoms with E-state index in [0.29, 0.717) is 0 Å². The number of fused-ring (bicyclic) bond motifs is 7. The summed E-state index contributed by atoms with van der Waals surface area (Å²) in [6.45, 7) is 0. The second-order valence-corrected chi connectivity index (χ2v) is 13.5. The van der Waals surface area contributed by atoms with Crippen molar-refractivity contribution in [3.05, 3.63) is 187 Å². The maximum Gasteiger partial charge on any atom is -0.0520 e. The van der Waals surface area contributed by atoms with Crippen LogP contribution in [0.5, 0.6) is 0 Å². The van der Waals surface area contributed by atoms with Crippen molar-refractivity contribution in [2.75, 3.05) is 0 Å². The van der Waals surface area contributed by atoms with Crippen molar-refractivity contribution >= 4 is 81.9 Å². The first-order valence-corrected chi connectivity index (χ1v) is 17.1. The molecular weight excluding hydrogens is 703 g/mol. The van der Waals surface area contributed by atoms with Crippen LogP contribution in [-0.2, 0) is 37.1 Å². The summed E-state index contributed by atoms with van der Waals surface area (Å²) >= 11 is 1.53. The number of rotatable bonds is 4. The second kappa shape index (κ2) is 16.9. The van der Waals surface area contributed by atoms with E-state index in [1.165, 1.54) is 89.2 Å². The van der Waals surface area contributed by atoms with Gasteiger partial charge in [-0.05, 0) is 0 Å². The van der Waals surface area contributed by atoms with Crippen LogP contribution in [0.25, 0.3) is 53.9 Å². The Morgan fingerprint density at radius 3 is 1.56 bits per heavy atom. The maximum atomic E-state index is 2.99. The Balaban J connectivity index is 0.000000163. The normalized spacial score (nSPS) is 11.5. The molecule has 0 bridgehead atoms. The SMILES string of the molecule is Cl.Cl.[C-]1=CC=CC1.[Zr+2]=[C](Cc1cccc2ccccc12)Cc1cccc2ccccc12.c1ccc2c(c1)ccc1c3ccccc3[cH-]c21. The van der Waals surface area contributed by atoms with Crippen LogP contribution in [0.3, 0.4) is 0 Å². The van der Waals surface area contributed by atoms with Crippen molar-refractivity contribution in [2.24, 2.45) is 0 Å². The van der Waals surface area contributed by atoms with Crippen LogP contribution >= 0.6 is 24.8 Å². The zero-order valence-corrected chi connectivity index (χ0v) is 30.7. The third kappa shape index (κ3) is 7.99. The van der Waals surface area contributed by atoms with Crippen molar-refractivity contribution in [3.63, 3.8) is 0 Å². The Hall–Kier alpha value is -4.00. The van der Waals surface area contributed by atoms with Crippen molar-refractivity contribution < 1.29 is 24.2 Å². The van der Waals surface area contributed by atoms with Crippen LogP contribution in [0, 0.1) is 6.08 Å². The van der Waals surface area contributed by atoms with Gasteiger partial charge in [-0.15, -0.1) is 64.9 Å². The number of hydrogen-bond donors (Lipinski definition) is 0. The van der Waals surface area contributed by atoms with E-state index in [0.717, 1.165) is 19.3 Å². The Kier molecular flexibility index (Phi) is 12.4. The molecule has 1 aliphatic carbocycles. The molecule has 0 spiro atoms. The van der Waals surface area contributed by atoms with Crippen molar-refractivity contribution in [1.29, 1.82) is 0 Å². The molecule has 0 radical (unpaired) electrons. The smallest absolute Gasteiger partial charge is 0.0520 e.